The summed E-state index contributed by atoms with van der Waals surface area (Å²) in [6.07, 6.45) is 1.28. The second-order valence-electron chi connectivity index (χ2n) is 4.85. The summed E-state index contributed by atoms with van der Waals surface area (Å²) in [4.78, 5) is 22.7. The molecule has 2 unspecified atom stereocenters. The fraction of sp³-hybridized carbons (Fsp3) is 0.833. The van der Waals surface area contributed by atoms with E-state index in [4.69, 9.17) is 10.8 Å². The Morgan fingerprint density at radius 1 is 1.41 bits per heavy atom. The Morgan fingerprint density at radius 2 is 1.94 bits per heavy atom. The zero-order valence-corrected chi connectivity index (χ0v) is 11.1. The van der Waals surface area contributed by atoms with E-state index in [1.165, 1.54) is 0 Å². The SMILES string of the molecule is CCC(C)[C@H](N)C(=O)NCC(C)(CC)C(=O)O. The van der Waals surface area contributed by atoms with Gasteiger partial charge in [-0.1, -0.05) is 27.2 Å². The first-order valence-electron chi connectivity index (χ1n) is 6.05. The molecule has 0 aromatic rings. The molecule has 0 saturated carbocycles. The highest BCUT2D eigenvalue weighted by Gasteiger charge is 2.32. The summed E-state index contributed by atoms with van der Waals surface area (Å²) in [5, 5.41) is 11.7. The van der Waals surface area contributed by atoms with Crippen LogP contribution >= 0.6 is 0 Å². The summed E-state index contributed by atoms with van der Waals surface area (Å²) in [5.41, 5.74) is 4.83. The molecule has 0 fully saturated rings. The molecule has 0 aromatic heterocycles. The van der Waals surface area contributed by atoms with Gasteiger partial charge in [-0.25, -0.2) is 0 Å². The third kappa shape index (κ3) is 4.34. The summed E-state index contributed by atoms with van der Waals surface area (Å²) in [5.74, 6) is -1.09. The number of hydrogen-bond acceptors (Lipinski definition) is 3. The highest BCUT2D eigenvalue weighted by atomic mass is 16.4. The van der Waals surface area contributed by atoms with E-state index >= 15 is 0 Å². The number of nitrogens with two attached hydrogens (primary N) is 1. The van der Waals surface area contributed by atoms with Crippen LogP contribution in [0.15, 0.2) is 0 Å². The fourth-order valence-electron chi connectivity index (χ4n) is 1.26. The molecule has 1 amide bonds. The predicted molar refractivity (Wildman–Crippen MR) is 66.5 cm³/mol. The van der Waals surface area contributed by atoms with Gasteiger partial charge in [0.25, 0.3) is 0 Å². The van der Waals surface area contributed by atoms with Crippen molar-refractivity contribution in [3.63, 3.8) is 0 Å². The summed E-state index contributed by atoms with van der Waals surface area (Å²) in [7, 11) is 0. The maximum atomic E-state index is 11.7. The summed E-state index contributed by atoms with van der Waals surface area (Å²) < 4.78 is 0. The van der Waals surface area contributed by atoms with Crippen molar-refractivity contribution in [2.75, 3.05) is 6.54 Å². The van der Waals surface area contributed by atoms with Crippen molar-refractivity contribution in [1.82, 2.24) is 5.32 Å². The molecule has 17 heavy (non-hydrogen) atoms. The molecule has 0 radical (unpaired) electrons. The van der Waals surface area contributed by atoms with Gasteiger partial charge in [-0.05, 0) is 19.3 Å². The minimum atomic E-state index is -0.926. The van der Waals surface area contributed by atoms with E-state index in [0.29, 0.717) is 6.42 Å². The van der Waals surface area contributed by atoms with Gasteiger partial charge in [0, 0.05) is 6.54 Å². The number of carbonyl (C=O) groups excluding carboxylic acids is 1. The van der Waals surface area contributed by atoms with Crippen LogP contribution in [-0.4, -0.2) is 29.6 Å². The van der Waals surface area contributed by atoms with E-state index in [1.807, 2.05) is 13.8 Å². The van der Waals surface area contributed by atoms with Crippen LogP contribution in [0.3, 0.4) is 0 Å². The summed E-state index contributed by atoms with van der Waals surface area (Å²) in [6.45, 7) is 7.38. The molecular formula is C12H24N2O3. The van der Waals surface area contributed by atoms with Crippen molar-refractivity contribution in [3.8, 4) is 0 Å². The van der Waals surface area contributed by atoms with Gasteiger partial charge in [0.15, 0.2) is 0 Å². The first kappa shape index (κ1) is 15.9. The molecule has 0 aliphatic carbocycles. The molecule has 0 bridgehead atoms. The van der Waals surface area contributed by atoms with Gasteiger partial charge >= 0.3 is 5.97 Å². The number of nitrogens with one attached hydrogen (secondary N) is 1. The van der Waals surface area contributed by atoms with Crippen LogP contribution in [0.5, 0.6) is 0 Å². The number of carboxylic acid groups (broad SMARTS) is 1. The average molecular weight is 244 g/mol. The normalized spacial score (nSPS) is 17.9. The van der Waals surface area contributed by atoms with Gasteiger partial charge in [0.05, 0.1) is 11.5 Å². The Labute approximate surface area is 103 Å². The topological polar surface area (TPSA) is 92.4 Å². The Bertz CT molecular complexity index is 281. The third-order valence-corrected chi connectivity index (χ3v) is 3.51. The van der Waals surface area contributed by atoms with Crippen LogP contribution in [0, 0.1) is 11.3 Å². The van der Waals surface area contributed by atoms with Crippen LogP contribution in [0.2, 0.25) is 0 Å². The molecular weight excluding hydrogens is 220 g/mol. The number of rotatable bonds is 7. The monoisotopic (exact) mass is 244 g/mol. The first-order chi connectivity index (χ1) is 7.78. The molecule has 0 rings (SSSR count). The molecule has 0 saturated heterocycles. The lowest BCUT2D eigenvalue weighted by molar-refractivity contribution is -0.148. The van der Waals surface area contributed by atoms with E-state index in [9.17, 15) is 9.59 Å². The smallest absolute Gasteiger partial charge is 0.311 e. The molecule has 4 N–H and O–H groups in total. The van der Waals surface area contributed by atoms with Gasteiger partial charge in [-0.2, -0.15) is 0 Å². The van der Waals surface area contributed by atoms with Crippen LogP contribution in [0.1, 0.15) is 40.5 Å². The van der Waals surface area contributed by atoms with Crippen molar-refractivity contribution >= 4 is 11.9 Å². The van der Waals surface area contributed by atoms with Gasteiger partial charge in [-0.15, -0.1) is 0 Å². The highest BCUT2D eigenvalue weighted by Crippen LogP contribution is 2.20. The quantitative estimate of drug-likeness (QED) is 0.622. The second kappa shape index (κ2) is 6.59. The van der Waals surface area contributed by atoms with Crippen LogP contribution in [0.25, 0.3) is 0 Å². The van der Waals surface area contributed by atoms with Gasteiger partial charge in [0.1, 0.15) is 0 Å². The Morgan fingerprint density at radius 3 is 2.29 bits per heavy atom. The minimum Gasteiger partial charge on any atom is -0.481 e. The van der Waals surface area contributed by atoms with Crippen LogP contribution in [0.4, 0.5) is 0 Å². The summed E-state index contributed by atoms with van der Waals surface area (Å²) >= 11 is 0. The number of carbonyl (C=O) groups is 2. The first-order valence-corrected chi connectivity index (χ1v) is 6.05. The van der Waals surface area contributed by atoms with Gasteiger partial charge < -0.3 is 16.2 Å². The number of carboxylic acids is 1. The predicted octanol–water partition coefficient (Wildman–Crippen LogP) is 0.977. The third-order valence-electron chi connectivity index (χ3n) is 3.51. The maximum absolute atomic E-state index is 11.7. The highest BCUT2D eigenvalue weighted by molar-refractivity contribution is 5.83. The Kier molecular flexibility index (Phi) is 6.16. The lowest BCUT2D eigenvalue weighted by Gasteiger charge is -2.25. The number of hydrogen-bond donors (Lipinski definition) is 3. The number of aliphatic carboxylic acids is 1. The van der Waals surface area contributed by atoms with E-state index in [-0.39, 0.29) is 18.4 Å². The molecule has 3 atom stereocenters. The van der Waals surface area contributed by atoms with Crippen molar-refractivity contribution in [1.29, 1.82) is 0 Å². The average Bonchev–Trinajstić information content (AvgIpc) is 2.33. The zero-order chi connectivity index (χ0) is 13.6. The Hall–Kier alpha value is -1.10. The largest absolute Gasteiger partial charge is 0.481 e. The lowest BCUT2D eigenvalue weighted by atomic mass is 9.87. The number of amides is 1. The van der Waals surface area contributed by atoms with E-state index in [2.05, 4.69) is 5.32 Å². The van der Waals surface area contributed by atoms with E-state index in [1.54, 1.807) is 13.8 Å². The van der Waals surface area contributed by atoms with Crippen LogP contribution < -0.4 is 11.1 Å². The van der Waals surface area contributed by atoms with Gasteiger partial charge in [0.2, 0.25) is 5.91 Å². The molecule has 100 valence electrons. The zero-order valence-electron chi connectivity index (χ0n) is 11.1. The standard InChI is InChI=1S/C12H24N2O3/c1-5-8(3)9(13)10(15)14-7-12(4,6-2)11(16)17/h8-9H,5-7,13H2,1-4H3,(H,14,15)(H,16,17)/t8?,9-,12?/m0/s1. The van der Waals surface area contributed by atoms with Crippen molar-refractivity contribution < 1.29 is 14.7 Å². The minimum absolute atomic E-state index is 0.0905. The van der Waals surface area contributed by atoms with E-state index in [0.717, 1.165) is 6.42 Å². The fourth-order valence-corrected chi connectivity index (χ4v) is 1.26. The molecule has 0 heterocycles. The molecule has 0 aliphatic rings. The van der Waals surface area contributed by atoms with Crippen LogP contribution in [-0.2, 0) is 9.59 Å². The maximum Gasteiger partial charge on any atom is 0.311 e. The Balaban J connectivity index is 4.37. The van der Waals surface area contributed by atoms with E-state index < -0.39 is 17.4 Å². The molecule has 0 aliphatic heterocycles. The van der Waals surface area contributed by atoms with Crippen molar-refractivity contribution in [3.05, 3.63) is 0 Å². The van der Waals surface area contributed by atoms with Gasteiger partial charge in [-0.3, -0.25) is 9.59 Å². The van der Waals surface area contributed by atoms with Crippen molar-refractivity contribution in [2.45, 2.75) is 46.6 Å². The molecule has 5 heteroatoms. The summed E-state index contributed by atoms with van der Waals surface area (Å²) in [6, 6.07) is -0.574. The lowest BCUT2D eigenvalue weighted by Crippen LogP contribution is -2.49. The molecule has 0 aromatic carbocycles. The molecule has 0 spiro atoms. The second-order valence-corrected chi connectivity index (χ2v) is 4.85. The van der Waals surface area contributed by atoms with Crippen molar-refractivity contribution in [2.24, 2.45) is 17.1 Å². The molecule has 5 nitrogen and oxygen atoms in total.